The predicted molar refractivity (Wildman–Crippen MR) is 76.3 cm³/mol. The largest absolute Gasteiger partial charge is 0.493 e. The summed E-state index contributed by atoms with van der Waals surface area (Å²) < 4.78 is 10.4. The minimum Gasteiger partial charge on any atom is -0.493 e. The van der Waals surface area contributed by atoms with E-state index in [1.165, 1.54) is 0 Å². The van der Waals surface area contributed by atoms with Crippen LogP contribution in [0, 0.1) is 0 Å². The molecule has 0 saturated heterocycles. The average Bonchev–Trinajstić information content (AvgIpc) is 3.21. The van der Waals surface area contributed by atoms with E-state index in [0.29, 0.717) is 18.8 Å². The third kappa shape index (κ3) is 3.01. The van der Waals surface area contributed by atoms with Gasteiger partial charge in [0.2, 0.25) is 0 Å². The van der Waals surface area contributed by atoms with Gasteiger partial charge in [-0.05, 0) is 43.5 Å². The zero-order chi connectivity index (χ0) is 14.8. The van der Waals surface area contributed by atoms with Gasteiger partial charge in [0.05, 0.1) is 13.2 Å². The Morgan fingerprint density at radius 1 is 1.38 bits per heavy atom. The summed E-state index contributed by atoms with van der Waals surface area (Å²) in [6.45, 7) is 2.80. The number of benzene rings is 1. The molecular weight excluding hydrogens is 270 g/mol. The summed E-state index contributed by atoms with van der Waals surface area (Å²) in [5.41, 5.74) is 1.68. The van der Waals surface area contributed by atoms with E-state index in [2.05, 4.69) is 0 Å². The first-order chi connectivity index (χ1) is 10.2. The number of nitrogens with zero attached hydrogens (tertiary/aromatic N) is 1. The van der Waals surface area contributed by atoms with Gasteiger partial charge in [0.15, 0.2) is 0 Å². The molecule has 1 saturated carbocycles. The molecule has 1 heterocycles. The number of esters is 1. The van der Waals surface area contributed by atoms with Crippen molar-refractivity contribution in [3.05, 3.63) is 29.3 Å². The van der Waals surface area contributed by atoms with Gasteiger partial charge in [0.25, 0.3) is 5.91 Å². The van der Waals surface area contributed by atoms with Crippen LogP contribution in [0.3, 0.4) is 0 Å². The lowest BCUT2D eigenvalue weighted by molar-refractivity contribution is -0.144. The summed E-state index contributed by atoms with van der Waals surface area (Å²) >= 11 is 0. The Morgan fingerprint density at radius 2 is 2.19 bits per heavy atom. The maximum Gasteiger partial charge on any atom is 0.325 e. The molecule has 1 aliphatic heterocycles. The molecule has 21 heavy (non-hydrogen) atoms. The molecule has 0 unspecified atom stereocenters. The highest BCUT2D eigenvalue weighted by molar-refractivity contribution is 5.96. The fraction of sp³-hybridized carbons (Fsp3) is 0.500. The molecule has 1 amide bonds. The number of carbonyl (C=O) groups is 2. The molecule has 1 aromatic carbocycles. The fourth-order valence-corrected chi connectivity index (χ4v) is 2.58. The number of fused-ring (bicyclic) bond motifs is 1. The molecule has 1 fully saturated rings. The van der Waals surface area contributed by atoms with Crippen molar-refractivity contribution in [2.45, 2.75) is 32.2 Å². The van der Waals surface area contributed by atoms with Gasteiger partial charge in [0.1, 0.15) is 12.3 Å². The molecule has 0 bridgehead atoms. The molecule has 0 radical (unpaired) electrons. The zero-order valence-corrected chi connectivity index (χ0v) is 12.1. The van der Waals surface area contributed by atoms with Crippen molar-refractivity contribution in [1.82, 2.24) is 4.90 Å². The third-order valence-corrected chi connectivity index (χ3v) is 3.79. The van der Waals surface area contributed by atoms with Crippen LogP contribution in [-0.4, -0.2) is 42.6 Å². The molecule has 0 atom stereocenters. The van der Waals surface area contributed by atoms with Gasteiger partial charge in [-0.1, -0.05) is 0 Å². The maximum atomic E-state index is 12.6. The van der Waals surface area contributed by atoms with Gasteiger partial charge in [-0.25, -0.2) is 0 Å². The molecule has 1 aromatic rings. The second-order valence-electron chi connectivity index (χ2n) is 5.39. The smallest absolute Gasteiger partial charge is 0.325 e. The Morgan fingerprint density at radius 3 is 2.90 bits per heavy atom. The molecule has 3 rings (SSSR count). The average molecular weight is 289 g/mol. The summed E-state index contributed by atoms with van der Waals surface area (Å²) in [4.78, 5) is 26.0. The van der Waals surface area contributed by atoms with E-state index in [1.54, 1.807) is 17.9 Å². The van der Waals surface area contributed by atoms with E-state index in [0.717, 1.165) is 30.6 Å². The number of carbonyl (C=O) groups excluding carboxylic acids is 2. The van der Waals surface area contributed by atoms with E-state index in [4.69, 9.17) is 9.47 Å². The highest BCUT2D eigenvalue weighted by Crippen LogP contribution is 2.30. The number of amides is 1. The quantitative estimate of drug-likeness (QED) is 0.775. The van der Waals surface area contributed by atoms with Crippen LogP contribution in [0.2, 0.25) is 0 Å². The van der Waals surface area contributed by atoms with E-state index in [1.807, 2.05) is 12.1 Å². The van der Waals surface area contributed by atoms with Gasteiger partial charge in [-0.2, -0.15) is 0 Å². The molecule has 1 aliphatic carbocycles. The van der Waals surface area contributed by atoms with Crippen LogP contribution in [0.4, 0.5) is 0 Å². The van der Waals surface area contributed by atoms with Crippen LogP contribution in [-0.2, 0) is 16.0 Å². The van der Waals surface area contributed by atoms with Crippen LogP contribution in [0.15, 0.2) is 18.2 Å². The van der Waals surface area contributed by atoms with Crippen molar-refractivity contribution >= 4 is 11.9 Å². The van der Waals surface area contributed by atoms with Gasteiger partial charge >= 0.3 is 5.97 Å². The Bertz CT molecular complexity index is 565. The van der Waals surface area contributed by atoms with E-state index in [-0.39, 0.29) is 24.5 Å². The standard InChI is InChI=1S/C16H19NO4/c1-2-20-15(18)10-17(13-4-5-13)16(19)12-3-6-14-11(9-12)7-8-21-14/h3,6,9,13H,2,4-5,7-8,10H2,1H3. The third-order valence-electron chi connectivity index (χ3n) is 3.79. The van der Waals surface area contributed by atoms with Crippen molar-refractivity contribution in [2.75, 3.05) is 19.8 Å². The second-order valence-corrected chi connectivity index (χ2v) is 5.39. The normalized spacial score (nSPS) is 16.0. The Hall–Kier alpha value is -2.04. The SMILES string of the molecule is CCOC(=O)CN(C(=O)c1ccc2c(c1)CCO2)C1CC1. The van der Waals surface area contributed by atoms with Gasteiger partial charge in [-0.15, -0.1) is 0 Å². The van der Waals surface area contributed by atoms with E-state index in [9.17, 15) is 9.59 Å². The first-order valence-corrected chi connectivity index (χ1v) is 7.41. The molecule has 0 N–H and O–H groups in total. The summed E-state index contributed by atoms with van der Waals surface area (Å²) in [5, 5.41) is 0. The monoisotopic (exact) mass is 289 g/mol. The first-order valence-electron chi connectivity index (χ1n) is 7.41. The van der Waals surface area contributed by atoms with E-state index >= 15 is 0 Å². The Kier molecular flexibility index (Phi) is 3.82. The number of ether oxygens (including phenoxy) is 2. The van der Waals surface area contributed by atoms with Crippen LogP contribution in [0.25, 0.3) is 0 Å². The van der Waals surface area contributed by atoms with Crippen LogP contribution >= 0.6 is 0 Å². The lowest BCUT2D eigenvalue weighted by Gasteiger charge is -2.21. The summed E-state index contributed by atoms with van der Waals surface area (Å²) in [7, 11) is 0. The topological polar surface area (TPSA) is 55.8 Å². The minimum absolute atomic E-state index is 0.0327. The van der Waals surface area contributed by atoms with Crippen molar-refractivity contribution in [3.8, 4) is 5.75 Å². The highest BCUT2D eigenvalue weighted by Gasteiger charge is 2.35. The number of hydrogen-bond donors (Lipinski definition) is 0. The van der Waals surface area contributed by atoms with Crippen LogP contribution in [0.5, 0.6) is 5.75 Å². The molecule has 0 spiro atoms. The maximum absolute atomic E-state index is 12.6. The zero-order valence-electron chi connectivity index (χ0n) is 12.1. The molecule has 5 nitrogen and oxygen atoms in total. The predicted octanol–water partition coefficient (Wildman–Crippen LogP) is 1.79. The Labute approximate surface area is 123 Å². The second kappa shape index (κ2) is 5.76. The first kappa shape index (κ1) is 13.9. The van der Waals surface area contributed by atoms with Gasteiger partial charge < -0.3 is 14.4 Å². The molecular formula is C16H19NO4. The van der Waals surface area contributed by atoms with Crippen molar-refractivity contribution in [2.24, 2.45) is 0 Å². The lowest BCUT2D eigenvalue weighted by atomic mass is 10.1. The summed E-state index contributed by atoms with van der Waals surface area (Å²) in [6.07, 6.45) is 2.75. The van der Waals surface area contributed by atoms with Gasteiger partial charge in [-0.3, -0.25) is 9.59 Å². The minimum atomic E-state index is -0.345. The van der Waals surface area contributed by atoms with Crippen molar-refractivity contribution < 1.29 is 19.1 Å². The molecule has 0 aromatic heterocycles. The van der Waals surface area contributed by atoms with Crippen molar-refractivity contribution in [1.29, 1.82) is 0 Å². The summed E-state index contributed by atoms with van der Waals surface area (Å²) in [5.74, 6) is 0.414. The summed E-state index contributed by atoms with van der Waals surface area (Å²) in [6, 6.07) is 5.66. The van der Waals surface area contributed by atoms with Crippen molar-refractivity contribution in [3.63, 3.8) is 0 Å². The van der Waals surface area contributed by atoms with Crippen LogP contribution < -0.4 is 4.74 Å². The molecule has 112 valence electrons. The van der Waals surface area contributed by atoms with Crippen LogP contribution in [0.1, 0.15) is 35.7 Å². The van der Waals surface area contributed by atoms with E-state index < -0.39 is 0 Å². The molecule has 2 aliphatic rings. The number of hydrogen-bond acceptors (Lipinski definition) is 4. The number of rotatable bonds is 5. The highest BCUT2D eigenvalue weighted by atomic mass is 16.5. The van der Waals surface area contributed by atoms with Gasteiger partial charge in [0, 0.05) is 18.0 Å². The Balaban J connectivity index is 1.76. The fourth-order valence-electron chi connectivity index (χ4n) is 2.58. The molecule has 5 heteroatoms. The lowest BCUT2D eigenvalue weighted by Crippen LogP contribution is -2.38.